The van der Waals surface area contributed by atoms with Crippen LogP contribution < -0.4 is 4.90 Å². The average molecular weight is 328 g/mol. The summed E-state index contributed by atoms with van der Waals surface area (Å²) in [6, 6.07) is 4.90. The van der Waals surface area contributed by atoms with Gasteiger partial charge in [0.05, 0.1) is 4.90 Å². The van der Waals surface area contributed by atoms with Crippen LogP contribution in [0, 0.1) is 0 Å². The van der Waals surface area contributed by atoms with Crippen LogP contribution in [0.1, 0.15) is 39.7 Å². The zero-order chi connectivity index (χ0) is 16.2. The number of nitrogens with zero attached hydrogens (tertiary/aromatic N) is 2. The van der Waals surface area contributed by atoms with Crippen LogP contribution in [0.15, 0.2) is 23.1 Å². The lowest BCUT2D eigenvalue weighted by atomic mass is 10.0. The van der Waals surface area contributed by atoms with Crippen molar-refractivity contribution in [2.45, 2.75) is 45.4 Å². The number of hydrogen-bond acceptors (Lipinski definition) is 3. The molecule has 0 fully saturated rings. The maximum Gasteiger partial charge on any atom is 0.242 e. The zero-order valence-corrected chi connectivity index (χ0v) is 14.2. The Morgan fingerprint density at radius 3 is 2.23 bits per heavy atom. The molecule has 1 aromatic carbocycles. The first-order chi connectivity index (χ1) is 9.75. The zero-order valence-electron chi connectivity index (χ0n) is 13.4. The van der Waals surface area contributed by atoms with E-state index in [2.05, 4.69) is 13.8 Å². The third kappa shape index (κ3) is 4.30. The molecule has 1 aromatic rings. The number of hydrogen-bond donors (Lipinski definition) is 0. The number of anilines is 1. The van der Waals surface area contributed by atoms with Gasteiger partial charge in [0.25, 0.3) is 0 Å². The van der Waals surface area contributed by atoms with E-state index >= 15 is 0 Å². The highest BCUT2D eigenvalue weighted by atomic mass is 32.2. The summed E-state index contributed by atoms with van der Waals surface area (Å²) in [6.07, 6.45) is 2.27. The lowest BCUT2D eigenvalue weighted by molar-refractivity contribution is -0.118. The summed E-state index contributed by atoms with van der Waals surface area (Å²) in [4.78, 5) is 13.4. The summed E-state index contributed by atoms with van der Waals surface area (Å²) in [7, 11) is 1.31. The van der Waals surface area contributed by atoms with Crippen molar-refractivity contribution in [3.05, 3.63) is 23.8 Å². The Morgan fingerprint density at radius 1 is 1.18 bits per heavy atom. The number of amides is 1. The highest BCUT2D eigenvalue weighted by Crippen LogP contribution is 2.29. The second-order valence-corrected chi connectivity index (χ2v) is 7.39. The van der Waals surface area contributed by atoms with Gasteiger partial charge in [-0.3, -0.25) is 4.79 Å². The molecule has 1 aliphatic rings. The van der Waals surface area contributed by atoms with E-state index in [0.717, 1.165) is 11.3 Å². The van der Waals surface area contributed by atoms with Crippen LogP contribution in [0.2, 0.25) is 0 Å². The van der Waals surface area contributed by atoms with Crippen molar-refractivity contribution >= 4 is 21.6 Å². The van der Waals surface area contributed by atoms with Gasteiger partial charge >= 0.3 is 0 Å². The van der Waals surface area contributed by atoms with Crippen LogP contribution in [0.25, 0.3) is 0 Å². The highest BCUT2D eigenvalue weighted by molar-refractivity contribution is 7.89. The second kappa shape index (κ2) is 8.29. The molecule has 0 saturated heterocycles. The largest absolute Gasteiger partial charge is 0.315 e. The van der Waals surface area contributed by atoms with Crippen molar-refractivity contribution in [3.8, 4) is 0 Å². The quantitative estimate of drug-likeness (QED) is 0.839. The minimum absolute atomic E-state index is 0. The van der Waals surface area contributed by atoms with Gasteiger partial charge in [-0.2, -0.15) is 0 Å². The molecule has 0 saturated carbocycles. The van der Waals surface area contributed by atoms with Gasteiger partial charge in [-0.15, -0.1) is 0 Å². The van der Waals surface area contributed by atoms with E-state index in [1.54, 1.807) is 30.1 Å². The number of aryl methyl sites for hydroxylation is 1. The molecule has 6 heteroatoms. The maximum absolute atomic E-state index is 12.0. The predicted octanol–water partition coefficient (Wildman–Crippen LogP) is 2.90. The second-order valence-electron chi connectivity index (χ2n) is 5.24. The van der Waals surface area contributed by atoms with E-state index in [1.165, 1.54) is 24.8 Å². The summed E-state index contributed by atoms with van der Waals surface area (Å²) in [5.41, 5.74) is 1.70. The van der Waals surface area contributed by atoms with Crippen LogP contribution in [-0.2, 0) is 21.2 Å². The SMILES string of the molecule is C.CCC.CN1C(=O)CCc2cc(S(=O)(=O)N(C)C)ccc21. The van der Waals surface area contributed by atoms with Gasteiger partial charge in [0.15, 0.2) is 0 Å². The van der Waals surface area contributed by atoms with E-state index < -0.39 is 10.0 Å². The number of carbonyl (C=O) groups excluding carboxylic acids is 1. The monoisotopic (exact) mass is 328 g/mol. The van der Waals surface area contributed by atoms with Gasteiger partial charge in [0.2, 0.25) is 15.9 Å². The topological polar surface area (TPSA) is 57.7 Å². The number of sulfonamides is 1. The molecule has 1 heterocycles. The Bertz CT molecular complexity index is 610. The molecule has 2 rings (SSSR count). The molecule has 0 spiro atoms. The molecule has 0 unspecified atom stereocenters. The molecule has 22 heavy (non-hydrogen) atoms. The Labute approximate surface area is 135 Å². The summed E-state index contributed by atoms with van der Waals surface area (Å²) in [6.45, 7) is 4.25. The standard InChI is InChI=1S/C12H16N2O3S.C3H8.CH4/c1-13(2)18(16,17)10-5-6-11-9(8-10)4-7-12(15)14(11)3;1-3-2;/h5-6,8H,4,7H2,1-3H3;3H2,1-2H3;1H4. The van der Waals surface area contributed by atoms with Crippen molar-refractivity contribution in [2.75, 3.05) is 26.0 Å². The number of fused-ring (bicyclic) bond motifs is 1. The predicted molar refractivity (Wildman–Crippen MR) is 91.7 cm³/mol. The minimum atomic E-state index is -3.41. The smallest absolute Gasteiger partial charge is 0.242 e. The maximum atomic E-state index is 12.0. The summed E-state index contributed by atoms with van der Waals surface area (Å²) in [5, 5.41) is 0. The molecule has 1 aliphatic heterocycles. The molecule has 0 aromatic heterocycles. The fourth-order valence-corrected chi connectivity index (χ4v) is 2.96. The van der Waals surface area contributed by atoms with Crippen molar-refractivity contribution in [1.82, 2.24) is 4.31 Å². The van der Waals surface area contributed by atoms with Crippen molar-refractivity contribution < 1.29 is 13.2 Å². The third-order valence-electron chi connectivity index (χ3n) is 3.17. The number of carbonyl (C=O) groups is 1. The summed E-state index contributed by atoms with van der Waals surface area (Å²) in [5.74, 6) is 0.0608. The first-order valence-electron chi connectivity index (χ1n) is 7.07. The summed E-state index contributed by atoms with van der Waals surface area (Å²) >= 11 is 0. The van der Waals surface area contributed by atoms with E-state index in [-0.39, 0.29) is 18.2 Å². The lowest BCUT2D eigenvalue weighted by Gasteiger charge is -2.26. The average Bonchev–Trinajstić information content (AvgIpc) is 2.43. The van der Waals surface area contributed by atoms with E-state index in [4.69, 9.17) is 0 Å². The molecule has 0 aliphatic carbocycles. The van der Waals surface area contributed by atoms with Crippen LogP contribution in [0.4, 0.5) is 5.69 Å². The van der Waals surface area contributed by atoms with Gasteiger partial charge < -0.3 is 4.90 Å². The van der Waals surface area contributed by atoms with Crippen molar-refractivity contribution in [1.29, 1.82) is 0 Å². The molecule has 0 radical (unpaired) electrons. The Kier molecular flexibility index (Phi) is 7.76. The fourth-order valence-electron chi connectivity index (χ4n) is 2.00. The Balaban J connectivity index is 0.00000102. The van der Waals surface area contributed by atoms with Gasteiger partial charge in [0.1, 0.15) is 0 Å². The number of benzene rings is 1. The molecule has 0 N–H and O–H groups in total. The molecule has 126 valence electrons. The van der Waals surface area contributed by atoms with Crippen LogP contribution in [-0.4, -0.2) is 39.8 Å². The van der Waals surface area contributed by atoms with Crippen LogP contribution in [0.3, 0.4) is 0 Å². The van der Waals surface area contributed by atoms with Crippen LogP contribution in [0.5, 0.6) is 0 Å². The van der Waals surface area contributed by atoms with Crippen molar-refractivity contribution in [2.24, 2.45) is 0 Å². The van der Waals surface area contributed by atoms with Gasteiger partial charge in [0, 0.05) is 33.3 Å². The van der Waals surface area contributed by atoms with Crippen LogP contribution >= 0.6 is 0 Å². The fraction of sp³-hybridized carbons (Fsp3) is 0.562. The van der Waals surface area contributed by atoms with E-state index in [0.29, 0.717) is 12.8 Å². The van der Waals surface area contributed by atoms with Gasteiger partial charge in [-0.1, -0.05) is 27.7 Å². The molecule has 0 atom stereocenters. The van der Waals surface area contributed by atoms with E-state index in [1.807, 2.05) is 0 Å². The summed E-state index contributed by atoms with van der Waals surface area (Å²) < 4.78 is 25.2. The molecular formula is C16H28N2O3S. The Hall–Kier alpha value is -1.40. The first-order valence-corrected chi connectivity index (χ1v) is 8.51. The van der Waals surface area contributed by atoms with Gasteiger partial charge in [-0.25, -0.2) is 12.7 Å². The molecule has 1 amide bonds. The van der Waals surface area contributed by atoms with Gasteiger partial charge in [-0.05, 0) is 30.2 Å². The first kappa shape index (κ1) is 20.6. The van der Waals surface area contributed by atoms with Crippen molar-refractivity contribution in [3.63, 3.8) is 0 Å². The third-order valence-corrected chi connectivity index (χ3v) is 4.98. The lowest BCUT2D eigenvalue weighted by Crippen LogP contribution is -2.31. The highest BCUT2D eigenvalue weighted by Gasteiger charge is 2.24. The molecule has 5 nitrogen and oxygen atoms in total. The Morgan fingerprint density at radius 2 is 1.73 bits per heavy atom. The molecule has 0 bridgehead atoms. The molecular weight excluding hydrogens is 300 g/mol. The number of rotatable bonds is 2. The normalized spacial score (nSPS) is 13.9. The minimum Gasteiger partial charge on any atom is -0.315 e. The van der Waals surface area contributed by atoms with E-state index in [9.17, 15) is 13.2 Å².